The second-order valence-electron chi connectivity index (χ2n) is 4.94. The van der Waals surface area contributed by atoms with E-state index in [1.165, 1.54) is 0 Å². The summed E-state index contributed by atoms with van der Waals surface area (Å²) in [7, 11) is 0. The van der Waals surface area contributed by atoms with Crippen molar-refractivity contribution >= 4 is 17.5 Å². The summed E-state index contributed by atoms with van der Waals surface area (Å²) in [6.07, 6.45) is 1.70. The molecule has 0 aliphatic carbocycles. The van der Waals surface area contributed by atoms with E-state index in [1.54, 1.807) is 0 Å². The van der Waals surface area contributed by atoms with E-state index in [4.69, 9.17) is 17.3 Å². The lowest BCUT2D eigenvalue weighted by molar-refractivity contribution is -0.124. The normalized spacial score (nSPS) is 15.6. The number of hydrogen-bond acceptors (Lipinski definition) is 2. The van der Waals surface area contributed by atoms with Crippen molar-refractivity contribution in [3.05, 3.63) is 34.9 Å². The quantitative estimate of drug-likeness (QED) is 0.841. The van der Waals surface area contributed by atoms with Crippen molar-refractivity contribution in [2.45, 2.75) is 45.7 Å². The van der Waals surface area contributed by atoms with Crippen LogP contribution in [0.2, 0.25) is 5.02 Å². The maximum absolute atomic E-state index is 12.1. The highest BCUT2D eigenvalue weighted by Gasteiger charge is 2.22. The SMILES string of the molecule is CCC(NC(=O)C(N)C(C)CC)c1cccc(Cl)c1. The molecule has 1 aromatic rings. The van der Waals surface area contributed by atoms with Crippen molar-refractivity contribution in [1.29, 1.82) is 0 Å². The Bertz CT molecular complexity index is 422. The smallest absolute Gasteiger partial charge is 0.237 e. The van der Waals surface area contributed by atoms with E-state index >= 15 is 0 Å². The highest BCUT2D eigenvalue weighted by molar-refractivity contribution is 6.30. The van der Waals surface area contributed by atoms with Crippen molar-refractivity contribution in [3.63, 3.8) is 0 Å². The molecule has 1 aromatic carbocycles. The second-order valence-corrected chi connectivity index (χ2v) is 5.37. The summed E-state index contributed by atoms with van der Waals surface area (Å²) < 4.78 is 0. The molecule has 0 spiro atoms. The van der Waals surface area contributed by atoms with Gasteiger partial charge in [-0.2, -0.15) is 0 Å². The lowest BCUT2D eigenvalue weighted by Crippen LogP contribution is -2.45. The summed E-state index contributed by atoms with van der Waals surface area (Å²) in [6, 6.07) is 7.06. The van der Waals surface area contributed by atoms with Gasteiger partial charge in [-0.05, 0) is 30.0 Å². The van der Waals surface area contributed by atoms with Gasteiger partial charge in [0.05, 0.1) is 12.1 Å². The molecule has 0 saturated carbocycles. The summed E-state index contributed by atoms with van der Waals surface area (Å²) >= 11 is 5.98. The van der Waals surface area contributed by atoms with Crippen LogP contribution in [-0.4, -0.2) is 11.9 Å². The zero-order valence-electron chi connectivity index (χ0n) is 11.8. The molecule has 3 unspecified atom stereocenters. The van der Waals surface area contributed by atoms with Crippen LogP contribution in [0.1, 0.15) is 45.2 Å². The molecule has 106 valence electrons. The van der Waals surface area contributed by atoms with Crippen molar-refractivity contribution in [2.75, 3.05) is 0 Å². The largest absolute Gasteiger partial charge is 0.348 e. The van der Waals surface area contributed by atoms with Gasteiger partial charge in [0.25, 0.3) is 0 Å². The standard InChI is InChI=1S/C15H23ClN2O/c1-4-10(3)14(17)15(19)18-13(5-2)11-7-6-8-12(16)9-11/h6-10,13-14H,4-5,17H2,1-3H3,(H,18,19). The Labute approximate surface area is 120 Å². The fraction of sp³-hybridized carbons (Fsp3) is 0.533. The number of nitrogens with two attached hydrogens (primary N) is 1. The molecule has 0 heterocycles. The molecule has 3 atom stereocenters. The third-order valence-electron chi connectivity index (χ3n) is 3.54. The van der Waals surface area contributed by atoms with Crippen LogP contribution in [0.4, 0.5) is 0 Å². The minimum Gasteiger partial charge on any atom is -0.348 e. The number of benzene rings is 1. The van der Waals surface area contributed by atoms with Crippen molar-refractivity contribution in [3.8, 4) is 0 Å². The first-order valence-corrected chi connectivity index (χ1v) is 7.18. The molecule has 3 N–H and O–H groups in total. The number of rotatable bonds is 6. The molecule has 4 heteroatoms. The van der Waals surface area contributed by atoms with Crippen LogP contribution >= 0.6 is 11.6 Å². The minimum absolute atomic E-state index is 0.0405. The van der Waals surface area contributed by atoms with E-state index in [2.05, 4.69) is 5.32 Å². The monoisotopic (exact) mass is 282 g/mol. The minimum atomic E-state index is -0.460. The number of nitrogens with one attached hydrogen (secondary N) is 1. The first-order chi connectivity index (χ1) is 8.99. The molecule has 0 fully saturated rings. The molecular formula is C15H23ClN2O. The number of carbonyl (C=O) groups excluding carboxylic acids is 1. The Kier molecular flexibility index (Phi) is 6.32. The molecule has 0 aliphatic heterocycles. The lowest BCUT2D eigenvalue weighted by atomic mass is 9.98. The fourth-order valence-electron chi connectivity index (χ4n) is 1.92. The van der Waals surface area contributed by atoms with E-state index in [1.807, 2.05) is 45.0 Å². The third-order valence-corrected chi connectivity index (χ3v) is 3.77. The maximum atomic E-state index is 12.1. The highest BCUT2D eigenvalue weighted by Crippen LogP contribution is 2.20. The molecule has 0 radical (unpaired) electrons. The van der Waals surface area contributed by atoms with Gasteiger partial charge in [0, 0.05) is 5.02 Å². The Morgan fingerprint density at radius 3 is 2.58 bits per heavy atom. The van der Waals surface area contributed by atoms with Gasteiger partial charge in [0.15, 0.2) is 0 Å². The molecule has 0 aliphatic rings. The van der Waals surface area contributed by atoms with Gasteiger partial charge >= 0.3 is 0 Å². The maximum Gasteiger partial charge on any atom is 0.237 e. The summed E-state index contributed by atoms with van der Waals surface area (Å²) in [6.45, 7) is 6.05. The molecule has 1 amide bonds. The van der Waals surface area contributed by atoms with Gasteiger partial charge in [-0.3, -0.25) is 4.79 Å². The third kappa shape index (κ3) is 4.51. The van der Waals surface area contributed by atoms with E-state index < -0.39 is 6.04 Å². The topological polar surface area (TPSA) is 55.1 Å². The van der Waals surface area contributed by atoms with Crippen LogP contribution in [0, 0.1) is 5.92 Å². The first kappa shape index (κ1) is 16.0. The van der Waals surface area contributed by atoms with Crippen LogP contribution in [0.15, 0.2) is 24.3 Å². The van der Waals surface area contributed by atoms with Crippen LogP contribution in [-0.2, 0) is 4.79 Å². The molecule has 0 bridgehead atoms. The average Bonchev–Trinajstić information content (AvgIpc) is 2.42. The Morgan fingerprint density at radius 1 is 1.37 bits per heavy atom. The molecular weight excluding hydrogens is 260 g/mol. The Balaban J connectivity index is 2.75. The average molecular weight is 283 g/mol. The van der Waals surface area contributed by atoms with Gasteiger partial charge in [-0.1, -0.05) is 50.9 Å². The zero-order chi connectivity index (χ0) is 14.4. The van der Waals surface area contributed by atoms with E-state index in [-0.39, 0.29) is 17.9 Å². The van der Waals surface area contributed by atoms with Crippen LogP contribution < -0.4 is 11.1 Å². The van der Waals surface area contributed by atoms with Crippen LogP contribution in [0.3, 0.4) is 0 Å². The van der Waals surface area contributed by atoms with E-state index in [0.717, 1.165) is 18.4 Å². The van der Waals surface area contributed by atoms with Gasteiger partial charge in [0.2, 0.25) is 5.91 Å². The van der Waals surface area contributed by atoms with Crippen LogP contribution in [0.5, 0.6) is 0 Å². The molecule has 19 heavy (non-hydrogen) atoms. The Hall–Kier alpha value is -1.06. The molecule has 0 saturated heterocycles. The predicted molar refractivity (Wildman–Crippen MR) is 80.1 cm³/mol. The Morgan fingerprint density at radius 2 is 2.05 bits per heavy atom. The lowest BCUT2D eigenvalue weighted by Gasteiger charge is -2.23. The van der Waals surface area contributed by atoms with Crippen molar-refractivity contribution in [1.82, 2.24) is 5.32 Å². The summed E-state index contributed by atoms with van der Waals surface area (Å²) in [4.78, 5) is 12.1. The van der Waals surface area contributed by atoms with Gasteiger partial charge in [-0.25, -0.2) is 0 Å². The molecule has 1 rings (SSSR count). The number of carbonyl (C=O) groups is 1. The van der Waals surface area contributed by atoms with E-state index in [0.29, 0.717) is 5.02 Å². The van der Waals surface area contributed by atoms with E-state index in [9.17, 15) is 4.79 Å². The van der Waals surface area contributed by atoms with Gasteiger partial charge in [-0.15, -0.1) is 0 Å². The summed E-state index contributed by atoms with van der Waals surface area (Å²) in [5.41, 5.74) is 6.96. The van der Waals surface area contributed by atoms with Gasteiger partial charge in [0.1, 0.15) is 0 Å². The predicted octanol–water partition coefficient (Wildman–Crippen LogP) is 3.28. The summed E-state index contributed by atoms with van der Waals surface area (Å²) in [5.74, 6) is 0.0815. The van der Waals surface area contributed by atoms with Gasteiger partial charge < -0.3 is 11.1 Å². The fourth-order valence-corrected chi connectivity index (χ4v) is 2.12. The van der Waals surface area contributed by atoms with Crippen LogP contribution in [0.25, 0.3) is 0 Å². The first-order valence-electron chi connectivity index (χ1n) is 6.81. The molecule has 0 aromatic heterocycles. The molecule has 3 nitrogen and oxygen atoms in total. The highest BCUT2D eigenvalue weighted by atomic mass is 35.5. The van der Waals surface area contributed by atoms with Crippen molar-refractivity contribution in [2.24, 2.45) is 11.7 Å². The number of hydrogen-bond donors (Lipinski definition) is 2. The number of halogens is 1. The zero-order valence-corrected chi connectivity index (χ0v) is 12.6. The number of amides is 1. The second kappa shape index (κ2) is 7.51. The summed E-state index contributed by atoms with van der Waals surface area (Å²) in [5, 5.41) is 3.68. The van der Waals surface area contributed by atoms with Crippen molar-refractivity contribution < 1.29 is 4.79 Å².